The van der Waals surface area contributed by atoms with Crippen molar-refractivity contribution in [1.82, 2.24) is 0 Å². The van der Waals surface area contributed by atoms with Gasteiger partial charge in [-0.25, -0.2) is 0 Å². The zero-order chi connectivity index (χ0) is 9.68. The first-order valence-corrected chi connectivity index (χ1v) is 4.85. The maximum atomic E-state index is 8.66. The molecule has 13 heavy (non-hydrogen) atoms. The summed E-state index contributed by atoms with van der Waals surface area (Å²) in [6.07, 6.45) is 0. The molecule has 3 nitrogen and oxygen atoms in total. The summed E-state index contributed by atoms with van der Waals surface area (Å²) in [6, 6.07) is 7.36. The number of alkyl halides is 1. The lowest BCUT2D eigenvalue weighted by atomic mass is 10.1. The van der Waals surface area contributed by atoms with Crippen LogP contribution in [-0.2, 0) is 0 Å². The van der Waals surface area contributed by atoms with Gasteiger partial charge in [0.25, 0.3) is 0 Å². The highest BCUT2D eigenvalue weighted by Crippen LogP contribution is 2.13. The molecule has 0 aliphatic carbocycles. The van der Waals surface area contributed by atoms with Crippen molar-refractivity contribution in [3.8, 4) is 5.75 Å². The molecule has 0 aromatic heterocycles. The van der Waals surface area contributed by atoms with E-state index in [1.54, 1.807) is 7.11 Å². The predicted octanol–water partition coefficient (Wildman–Crippen LogP) is 2.27. The minimum Gasteiger partial charge on any atom is -0.497 e. The molecule has 0 heterocycles. The molecule has 0 fully saturated rings. The fraction of sp³-hybridized carbons (Fsp3) is 0.222. The lowest BCUT2D eigenvalue weighted by Crippen LogP contribution is -2.02. The van der Waals surface area contributed by atoms with E-state index in [0.717, 1.165) is 11.3 Å². The highest BCUT2D eigenvalue weighted by molar-refractivity contribution is 9.09. The predicted molar refractivity (Wildman–Crippen MR) is 55.1 cm³/mol. The van der Waals surface area contributed by atoms with Crippen LogP contribution in [0.25, 0.3) is 0 Å². The molecule has 4 heteroatoms. The van der Waals surface area contributed by atoms with E-state index in [0.29, 0.717) is 11.0 Å². The summed E-state index contributed by atoms with van der Waals surface area (Å²) in [7, 11) is 1.60. The third kappa shape index (κ3) is 2.45. The van der Waals surface area contributed by atoms with Crippen LogP contribution in [0.15, 0.2) is 29.4 Å². The van der Waals surface area contributed by atoms with E-state index in [9.17, 15) is 0 Å². The van der Waals surface area contributed by atoms with Crippen molar-refractivity contribution in [3.05, 3.63) is 29.8 Å². The summed E-state index contributed by atoms with van der Waals surface area (Å²) in [6.45, 7) is 0. The Morgan fingerprint density at radius 3 is 2.92 bits per heavy atom. The number of methoxy groups -OCH3 is 1. The first kappa shape index (κ1) is 10.1. The van der Waals surface area contributed by atoms with Crippen molar-refractivity contribution in [2.45, 2.75) is 0 Å². The lowest BCUT2D eigenvalue weighted by molar-refractivity contribution is 0.319. The molecule has 0 radical (unpaired) electrons. The van der Waals surface area contributed by atoms with Crippen LogP contribution in [0.5, 0.6) is 5.75 Å². The van der Waals surface area contributed by atoms with Crippen LogP contribution < -0.4 is 4.74 Å². The second kappa shape index (κ2) is 4.87. The molecule has 1 aromatic carbocycles. The van der Waals surface area contributed by atoms with Crippen molar-refractivity contribution in [1.29, 1.82) is 0 Å². The summed E-state index contributed by atoms with van der Waals surface area (Å²) in [5.41, 5.74) is 1.43. The van der Waals surface area contributed by atoms with Gasteiger partial charge in [-0.1, -0.05) is 33.2 Å². The Balaban J connectivity index is 3.00. The second-order valence-corrected chi connectivity index (χ2v) is 2.97. The van der Waals surface area contributed by atoms with Crippen LogP contribution in [0.4, 0.5) is 0 Å². The highest BCUT2D eigenvalue weighted by atomic mass is 79.9. The van der Waals surface area contributed by atoms with E-state index in [-0.39, 0.29) is 0 Å². The number of nitrogens with zero attached hydrogens (tertiary/aromatic N) is 1. The molecule has 0 aliphatic heterocycles. The largest absolute Gasteiger partial charge is 0.497 e. The quantitative estimate of drug-likeness (QED) is 0.383. The molecule has 0 bridgehead atoms. The zero-order valence-corrected chi connectivity index (χ0v) is 8.78. The average molecular weight is 244 g/mol. The number of oxime groups is 1. The molecule has 70 valence electrons. The standard InChI is InChI=1S/C9H10BrNO2/c1-13-8-4-2-3-7(5-8)9(6-10)11-12/h2-5,12H,6H2,1H3/b11-9+. The van der Waals surface area contributed by atoms with Crippen LogP contribution in [0.1, 0.15) is 5.56 Å². The van der Waals surface area contributed by atoms with Gasteiger partial charge in [-0.15, -0.1) is 0 Å². The SMILES string of the molecule is COc1cccc(/C(CBr)=N/O)c1. The van der Waals surface area contributed by atoms with Crippen LogP contribution in [-0.4, -0.2) is 23.4 Å². The normalized spacial score (nSPS) is 11.4. The molecule has 0 spiro atoms. The van der Waals surface area contributed by atoms with Gasteiger partial charge in [0.2, 0.25) is 0 Å². The van der Waals surface area contributed by atoms with E-state index in [1.165, 1.54) is 0 Å². The van der Waals surface area contributed by atoms with Crippen molar-refractivity contribution < 1.29 is 9.94 Å². The molecule has 0 amide bonds. The third-order valence-corrected chi connectivity index (χ3v) is 2.18. The van der Waals surface area contributed by atoms with Gasteiger partial charge in [0.1, 0.15) is 5.75 Å². The van der Waals surface area contributed by atoms with Crippen molar-refractivity contribution in [3.63, 3.8) is 0 Å². The molecular weight excluding hydrogens is 234 g/mol. The van der Waals surface area contributed by atoms with E-state index in [4.69, 9.17) is 9.94 Å². The maximum absolute atomic E-state index is 8.66. The van der Waals surface area contributed by atoms with E-state index < -0.39 is 0 Å². The molecule has 0 aliphatic rings. The Bertz CT molecular complexity index is 312. The van der Waals surface area contributed by atoms with Gasteiger partial charge in [-0.2, -0.15) is 0 Å². The highest BCUT2D eigenvalue weighted by Gasteiger charge is 2.02. The minimum absolute atomic E-state index is 0.511. The molecule has 0 unspecified atom stereocenters. The third-order valence-electron chi connectivity index (χ3n) is 1.65. The summed E-state index contributed by atoms with van der Waals surface area (Å²) in [4.78, 5) is 0. The Labute approximate surface area is 85.2 Å². The van der Waals surface area contributed by atoms with Crippen molar-refractivity contribution in [2.75, 3.05) is 12.4 Å². The average Bonchev–Trinajstić information content (AvgIpc) is 2.20. The number of halogens is 1. The Morgan fingerprint density at radius 1 is 1.62 bits per heavy atom. The number of ether oxygens (including phenoxy) is 1. The zero-order valence-electron chi connectivity index (χ0n) is 7.20. The fourth-order valence-electron chi connectivity index (χ4n) is 0.964. The molecule has 1 N–H and O–H groups in total. The first-order valence-electron chi connectivity index (χ1n) is 3.73. The monoisotopic (exact) mass is 243 g/mol. The smallest absolute Gasteiger partial charge is 0.119 e. The number of benzene rings is 1. The van der Waals surface area contributed by atoms with Gasteiger partial charge in [-0.05, 0) is 12.1 Å². The van der Waals surface area contributed by atoms with Crippen LogP contribution in [0, 0.1) is 0 Å². The Morgan fingerprint density at radius 2 is 2.38 bits per heavy atom. The second-order valence-electron chi connectivity index (χ2n) is 2.41. The molecule has 0 saturated carbocycles. The number of hydrogen-bond donors (Lipinski definition) is 1. The van der Waals surface area contributed by atoms with E-state index in [2.05, 4.69) is 21.1 Å². The van der Waals surface area contributed by atoms with Crippen molar-refractivity contribution >= 4 is 21.6 Å². The number of rotatable bonds is 3. The molecule has 1 rings (SSSR count). The fourth-order valence-corrected chi connectivity index (χ4v) is 1.40. The van der Waals surface area contributed by atoms with E-state index in [1.807, 2.05) is 24.3 Å². The van der Waals surface area contributed by atoms with Gasteiger partial charge < -0.3 is 9.94 Å². The van der Waals surface area contributed by atoms with Crippen molar-refractivity contribution in [2.24, 2.45) is 5.16 Å². The van der Waals surface area contributed by atoms with E-state index >= 15 is 0 Å². The van der Waals surface area contributed by atoms with Gasteiger partial charge in [0.05, 0.1) is 12.8 Å². The summed E-state index contributed by atoms with van der Waals surface area (Å²) in [5, 5.41) is 12.3. The molecular formula is C9H10BrNO2. The van der Waals surface area contributed by atoms with Gasteiger partial charge in [-0.3, -0.25) is 0 Å². The summed E-state index contributed by atoms with van der Waals surface area (Å²) in [5.74, 6) is 0.750. The number of hydrogen-bond acceptors (Lipinski definition) is 3. The lowest BCUT2D eigenvalue weighted by Gasteiger charge is -2.03. The summed E-state index contributed by atoms with van der Waals surface area (Å²) < 4.78 is 5.04. The maximum Gasteiger partial charge on any atom is 0.119 e. The minimum atomic E-state index is 0.511. The molecule has 1 aromatic rings. The van der Waals surface area contributed by atoms with Gasteiger partial charge in [0, 0.05) is 10.9 Å². The van der Waals surface area contributed by atoms with Gasteiger partial charge >= 0.3 is 0 Å². The Kier molecular flexibility index (Phi) is 3.76. The first-order chi connectivity index (χ1) is 6.31. The molecule has 0 atom stereocenters. The van der Waals surface area contributed by atoms with Crippen LogP contribution in [0.3, 0.4) is 0 Å². The Hall–Kier alpha value is -1.03. The molecule has 0 saturated heterocycles. The summed E-state index contributed by atoms with van der Waals surface area (Å²) >= 11 is 3.23. The topological polar surface area (TPSA) is 41.8 Å². The van der Waals surface area contributed by atoms with Crippen LogP contribution in [0.2, 0.25) is 0 Å². The van der Waals surface area contributed by atoms with Gasteiger partial charge in [0.15, 0.2) is 0 Å². The van der Waals surface area contributed by atoms with Crippen LogP contribution >= 0.6 is 15.9 Å².